The molecule has 1 aromatic carbocycles. The van der Waals surface area contributed by atoms with Crippen LogP contribution in [0.2, 0.25) is 0 Å². The Hall–Kier alpha value is -2.11. The Morgan fingerprint density at radius 1 is 1.35 bits per heavy atom. The van der Waals surface area contributed by atoms with Gasteiger partial charge in [0.15, 0.2) is 0 Å². The van der Waals surface area contributed by atoms with Gasteiger partial charge in [0.05, 0.1) is 17.4 Å². The lowest BCUT2D eigenvalue weighted by molar-refractivity contribution is 0.0195. The summed E-state index contributed by atoms with van der Waals surface area (Å²) in [7, 11) is -3.55. The minimum atomic E-state index is -3.55. The number of hydrogen-bond acceptors (Lipinski definition) is 5. The number of nitrogens with one attached hydrogen (secondary N) is 1. The molecule has 1 N–H and O–H groups in total. The van der Waals surface area contributed by atoms with Crippen LogP contribution in [0.25, 0.3) is 0 Å². The third-order valence-corrected chi connectivity index (χ3v) is 5.26. The van der Waals surface area contributed by atoms with Crippen molar-refractivity contribution in [3.05, 3.63) is 35.4 Å². The minimum absolute atomic E-state index is 0.165. The molecule has 0 spiro atoms. The Morgan fingerprint density at radius 3 is 2.58 bits per heavy atom. The van der Waals surface area contributed by atoms with Gasteiger partial charge in [-0.3, -0.25) is 0 Å². The van der Waals surface area contributed by atoms with Crippen LogP contribution in [-0.4, -0.2) is 44.1 Å². The molecule has 142 valence electrons. The first-order chi connectivity index (χ1) is 12.1. The third kappa shape index (κ3) is 6.32. The van der Waals surface area contributed by atoms with Gasteiger partial charge < -0.3 is 9.64 Å². The van der Waals surface area contributed by atoms with Crippen LogP contribution in [0.5, 0.6) is 0 Å². The zero-order chi connectivity index (χ0) is 19.4. The molecule has 0 unspecified atom stereocenters. The first-order valence-electron chi connectivity index (χ1n) is 8.55. The summed E-state index contributed by atoms with van der Waals surface area (Å²) in [5, 5.41) is 8.79. The maximum atomic E-state index is 12.4. The summed E-state index contributed by atoms with van der Waals surface area (Å²) in [6, 6.07) is 8.11. The van der Waals surface area contributed by atoms with Crippen LogP contribution in [0.15, 0.2) is 24.3 Å². The van der Waals surface area contributed by atoms with E-state index >= 15 is 0 Å². The van der Waals surface area contributed by atoms with E-state index in [2.05, 4.69) is 4.72 Å². The van der Waals surface area contributed by atoms with Gasteiger partial charge in [-0.1, -0.05) is 12.1 Å². The van der Waals surface area contributed by atoms with Gasteiger partial charge in [0, 0.05) is 19.1 Å². The highest BCUT2D eigenvalue weighted by Crippen LogP contribution is 2.17. The van der Waals surface area contributed by atoms with Gasteiger partial charge in [0.1, 0.15) is 5.60 Å². The average molecular weight is 379 g/mol. The van der Waals surface area contributed by atoms with Crippen molar-refractivity contribution in [2.75, 3.05) is 13.1 Å². The number of carbonyl (C=O) groups is 1. The van der Waals surface area contributed by atoms with Crippen molar-refractivity contribution in [2.45, 2.75) is 51.0 Å². The number of piperidine rings is 1. The minimum Gasteiger partial charge on any atom is -0.444 e. The number of benzene rings is 1. The van der Waals surface area contributed by atoms with Gasteiger partial charge in [-0.05, 0) is 51.3 Å². The normalized spacial score (nSPS) is 18.2. The number of carbonyl (C=O) groups excluding carboxylic acids is 1. The molecule has 0 radical (unpaired) electrons. The number of nitrogens with zero attached hydrogens (tertiary/aromatic N) is 2. The van der Waals surface area contributed by atoms with E-state index in [0.29, 0.717) is 37.1 Å². The lowest BCUT2D eigenvalue weighted by Crippen LogP contribution is -2.50. The van der Waals surface area contributed by atoms with Crippen molar-refractivity contribution in [1.82, 2.24) is 9.62 Å². The molecular weight excluding hydrogens is 354 g/mol. The molecule has 1 amide bonds. The number of rotatable bonds is 4. The fourth-order valence-corrected chi connectivity index (χ4v) is 4.17. The number of likely N-dealkylation sites (tertiary alicyclic amines) is 1. The standard InChI is InChI=1S/C18H25N3O4S/c1-18(2,3)25-17(22)21-10-4-5-16(12-21)20-26(23,24)13-15-8-6-14(11-19)7-9-15/h6-9,16,20H,4-5,10,12-13H2,1-3H3/t16-/m0/s1. The molecule has 1 heterocycles. The molecule has 1 fully saturated rings. The second-order valence-corrected chi connectivity index (χ2v) is 9.21. The van der Waals surface area contributed by atoms with Crippen LogP contribution in [0.4, 0.5) is 4.79 Å². The highest BCUT2D eigenvalue weighted by atomic mass is 32.2. The quantitative estimate of drug-likeness (QED) is 0.866. The molecule has 1 saturated heterocycles. The van der Waals surface area contributed by atoms with Gasteiger partial charge in [-0.2, -0.15) is 5.26 Å². The first-order valence-corrected chi connectivity index (χ1v) is 10.2. The van der Waals surface area contributed by atoms with Crippen LogP contribution in [0.3, 0.4) is 0 Å². The topological polar surface area (TPSA) is 99.5 Å². The highest BCUT2D eigenvalue weighted by molar-refractivity contribution is 7.88. The molecule has 1 aliphatic rings. The lowest BCUT2D eigenvalue weighted by atomic mass is 10.1. The molecule has 0 aliphatic carbocycles. The fourth-order valence-electron chi connectivity index (χ4n) is 2.76. The Bertz CT molecular complexity index is 776. The Labute approximate surface area is 155 Å². The zero-order valence-electron chi connectivity index (χ0n) is 15.4. The summed E-state index contributed by atoms with van der Waals surface area (Å²) in [4.78, 5) is 13.7. The third-order valence-electron chi connectivity index (χ3n) is 3.86. The summed E-state index contributed by atoms with van der Waals surface area (Å²) < 4.78 is 32.9. The van der Waals surface area contributed by atoms with Gasteiger partial charge in [-0.15, -0.1) is 0 Å². The SMILES string of the molecule is CC(C)(C)OC(=O)N1CCC[C@H](NS(=O)(=O)Cc2ccc(C#N)cc2)C1. The number of sulfonamides is 1. The second kappa shape index (κ2) is 8.06. The molecule has 26 heavy (non-hydrogen) atoms. The summed E-state index contributed by atoms with van der Waals surface area (Å²) in [6.07, 6.45) is 0.961. The van der Waals surface area contributed by atoms with Gasteiger partial charge >= 0.3 is 6.09 Å². The molecule has 1 aliphatic heterocycles. The maximum Gasteiger partial charge on any atom is 0.410 e. The monoisotopic (exact) mass is 379 g/mol. The van der Waals surface area contributed by atoms with E-state index in [-0.39, 0.29) is 11.8 Å². The van der Waals surface area contributed by atoms with E-state index in [9.17, 15) is 13.2 Å². The molecular formula is C18H25N3O4S. The van der Waals surface area contributed by atoms with E-state index in [1.165, 1.54) is 0 Å². The van der Waals surface area contributed by atoms with Crippen LogP contribution < -0.4 is 4.72 Å². The molecule has 0 saturated carbocycles. The summed E-state index contributed by atoms with van der Waals surface area (Å²) in [5.41, 5.74) is 0.509. The van der Waals surface area contributed by atoms with E-state index in [4.69, 9.17) is 10.00 Å². The van der Waals surface area contributed by atoms with Crippen molar-refractivity contribution >= 4 is 16.1 Å². The largest absolute Gasteiger partial charge is 0.444 e. The number of hydrogen-bond donors (Lipinski definition) is 1. The van der Waals surface area contributed by atoms with Crippen molar-refractivity contribution in [3.8, 4) is 6.07 Å². The highest BCUT2D eigenvalue weighted by Gasteiger charge is 2.29. The summed E-state index contributed by atoms with van der Waals surface area (Å²) in [6.45, 7) is 6.25. The Kier molecular flexibility index (Phi) is 6.26. The smallest absolute Gasteiger partial charge is 0.410 e. The van der Waals surface area contributed by atoms with Crippen molar-refractivity contribution in [2.24, 2.45) is 0 Å². The first kappa shape index (κ1) is 20.2. The van der Waals surface area contributed by atoms with Crippen LogP contribution in [0.1, 0.15) is 44.7 Å². The van der Waals surface area contributed by atoms with Gasteiger partial charge in [0.2, 0.25) is 10.0 Å². The van der Waals surface area contributed by atoms with E-state index in [1.807, 2.05) is 6.07 Å². The maximum absolute atomic E-state index is 12.4. The van der Waals surface area contributed by atoms with Crippen LogP contribution in [-0.2, 0) is 20.5 Å². The van der Waals surface area contributed by atoms with Crippen LogP contribution in [0, 0.1) is 11.3 Å². The average Bonchev–Trinajstić information content (AvgIpc) is 2.53. The van der Waals surface area contributed by atoms with E-state index < -0.39 is 21.7 Å². The van der Waals surface area contributed by atoms with Gasteiger partial charge in [0.25, 0.3) is 0 Å². The predicted octanol–water partition coefficient (Wildman–Crippen LogP) is 2.38. The van der Waals surface area contributed by atoms with E-state index in [1.54, 1.807) is 49.9 Å². The Balaban J connectivity index is 1.95. The molecule has 0 aromatic heterocycles. The summed E-state index contributed by atoms with van der Waals surface area (Å²) >= 11 is 0. The zero-order valence-corrected chi connectivity index (χ0v) is 16.2. The number of nitriles is 1. The molecule has 1 aromatic rings. The number of amides is 1. The second-order valence-electron chi connectivity index (χ2n) is 7.45. The van der Waals surface area contributed by atoms with Crippen LogP contribution >= 0.6 is 0 Å². The summed E-state index contributed by atoms with van der Waals surface area (Å²) in [5.74, 6) is -0.165. The molecule has 7 nitrogen and oxygen atoms in total. The van der Waals surface area contributed by atoms with Gasteiger partial charge in [-0.25, -0.2) is 17.9 Å². The lowest BCUT2D eigenvalue weighted by Gasteiger charge is -2.34. The molecule has 2 rings (SSSR count). The molecule has 1 atom stereocenters. The van der Waals surface area contributed by atoms with E-state index in [0.717, 1.165) is 0 Å². The predicted molar refractivity (Wildman–Crippen MR) is 97.7 cm³/mol. The fraction of sp³-hybridized carbons (Fsp3) is 0.556. The Morgan fingerprint density at radius 2 is 2.00 bits per heavy atom. The molecule has 8 heteroatoms. The van der Waals surface area contributed by atoms with Crippen molar-refractivity contribution < 1.29 is 17.9 Å². The molecule has 0 bridgehead atoms. The van der Waals surface area contributed by atoms with Crippen molar-refractivity contribution in [1.29, 1.82) is 5.26 Å². The van der Waals surface area contributed by atoms with Crippen molar-refractivity contribution in [3.63, 3.8) is 0 Å². The number of ether oxygens (including phenoxy) is 1.